The Balaban J connectivity index is 1.91. The van der Waals surface area contributed by atoms with Crippen molar-refractivity contribution >= 4 is 39.3 Å². The van der Waals surface area contributed by atoms with Gasteiger partial charge in [0.1, 0.15) is 5.60 Å². The molecule has 7 nitrogen and oxygen atoms in total. The highest BCUT2D eigenvalue weighted by molar-refractivity contribution is 7.91. The second-order valence-electron chi connectivity index (χ2n) is 10.3. The minimum absolute atomic E-state index is 0.141. The Hall–Kier alpha value is -2.29. The lowest BCUT2D eigenvalue weighted by Crippen LogP contribution is -2.55. The zero-order chi connectivity index (χ0) is 25.3. The average Bonchev–Trinajstić information content (AvgIpc) is 2.72. The van der Waals surface area contributed by atoms with Gasteiger partial charge in [0.25, 0.3) is 0 Å². The topological polar surface area (TPSA) is 70.2 Å². The van der Waals surface area contributed by atoms with Gasteiger partial charge >= 0.3 is 16.3 Å². The fourth-order valence-electron chi connectivity index (χ4n) is 3.58. The molecule has 0 spiro atoms. The van der Waals surface area contributed by atoms with Crippen molar-refractivity contribution in [3.63, 3.8) is 0 Å². The van der Waals surface area contributed by atoms with Gasteiger partial charge in [-0.05, 0) is 62.1 Å². The van der Waals surface area contributed by atoms with Crippen LogP contribution >= 0.6 is 11.6 Å². The quantitative estimate of drug-likeness (QED) is 0.566. The van der Waals surface area contributed by atoms with Gasteiger partial charge in [-0.25, -0.2) is 4.79 Å². The van der Waals surface area contributed by atoms with Crippen LogP contribution in [0.4, 0.5) is 16.2 Å². The molecule has 2 aromatic rings. The average molecular weight is 507 g/mol. The third-order valence-corrected chi connectivity index (χ3v) is 7.43. The summed E-state index contributed by atoms with van der Waals surface area (Å²) in [5, 5.41) is 0.645. The summed E-state index contributed by atoms with van der Waals surface area (Å²) >= 11 is 5.98. The Bertz CT molecular complexity index is 1110. The van der Waals surface area contributed by atoms with Crippen LogP contribution in [0.1, 0.15) is 47.1 Å². The van der Waals surface area contributed by atoms with Crippen molar-refractivity contribution in [1.29, 1.82) is 0 Å². The van der Waals surface area contributed by atoms with Gasteiger partial charge in [0.2, 0.25) is 0 Å². The normalized spacial score (nSPS) is 15.8. The van der Waals surface area contributed by atoms with Crippen molar-refractivity contribution < 1.29 is 17.9 Å². The largest absolute Gasteiger partial charge is 0.443 e. The highest BCUT2D eigenvalue weighted by Gasteiger charge is 2.39. The van der Waals surface area contributed by atoms with Gasteiger partial charge < -0.3 is 9.64 Å². The number of anilines is 2. The lowest BCUT2D eigenvalue weighted by Gasteiger charge is -2.38. The van der Waals surface area contributed by atoms with Crippen LogP contribution in [0.25, 0.3) is 0 Å². The molecule has 0 saturated carbocycles. The second kappa shape index (κ2) is 9.76. The SMILES string of the molecule is CC(C)(C)OC(=O)N(c1[c]c(C(C)(C)C)ccc1)S(=O)(=O)N1CCN(c2ccc(Cl)cc2)CC1. The van der Waals surface area contributed by atoms with Crippen molar-refractivity contribution in [3.05, 3.63) is 59.1 Å². The molecule has 1 amide bonds. The minimum Gasteiger partial charge on any atom is -0.443 e. The number of nitrogens with zero attached hydrogens (tertiary/aromatic N) is 3. The summed E-state index contributed by atoms with van der Waals surface area (Å²) < 4.78 is 35.1. The van der Waals surface area contributed by atoms with E-state index in [0.29, 0.717) is 18.1 Å². The first kappa shape index (κ1) is 26.3. The Morgan fingerprint density at radius 1 is 0.971 bits per heavy atom. The van der Waals surface area contributed by atoms with Crippen LogP contribution in [0.2, 0.25) is 5.02 Å². The highest BCUT2D eigenvalue weighted by atomic mass is 35.5. The fraction of sp³-hybridized carbons (Fsp3) is 0.480. The number of piperazine rings is 1. The number of halogens is 1. The van der Waals surface area contributed by atoms with E-state index < -0.39 is 21.9 Å². The molecule has 34 heavy (non-hydrogen) atoms. The van der Waals surface area contributed by atoms with E-state index in [2.05, 4.69) is 11.0 Å². The van der Waals surface area contributed by atoms with Crippen molar-refractivity contribution in [2.75, 3.05) is 35.4 Å². The number of carbonyl (C=O) groups is 1. The van der Waals surface area contributed by atoms with Crippen LogP contribution in [-0.4, -0.2) is 50.6 Å². The summed E-state index contributed by atoms with van der Waals surface area (Å²) in [4.78, 5) is 15.3. The number of ether oxygens (including phenoxy) is 1. The predicted octanol–water partition coefficient (Wildman–Crippen LogP) is 5.25. The molecule has 0 atom stereocenters. The first-order valence-corrected chi connectivity index (χ1v) is 13.0. The summed E-state index contributed by atoms with van der Waals surface area (Å²) in [7, 11) is -4.21. The summed E-state index contributed by atoms with van der Waals surface area (Å²) in [6.45, 7) is 12.5. The van der Waals surface area contributed by atoms with E-state index in [1.54, 1.807) is 32.9 Å². The molecule has 2 aromatic carbocycles. The van der Waals surface area contributed by atoms with Crippen LogP contribution in [0.5, 0.6) is 0 Å². The maximum atomic E-state index is 13.8. The fourth-order valence-corrected chi connectivity index (χ4v) is 5.14. The second-order valence-corrected chi connectivity index (χ2v) is 12.5. The molecule has 1 heterocycles. The van der Waals surface area contributed by atoms with Crippen LogP contribution in [0, 0.1) is 6.07 Å². The van der Waals surface area contributed by atoms with E-state index in [9.17, 15) is 13.2 Å². The molecule has 0 N–H and O–H groups in total. The zero-order valence-electron chi connectivity index (χ0n) is 20.6. The molecule has 3 rings (SSSR count). The first-order valence-electron chi connectivity index (χ1n) is 11.3. The molecule has 185 valence electrons. The number of carbonyl (C=O) groups excluding carboxylic acids is 1. The van der Waals surface area contributed by atoms with Gasteiger partial charge in [-0.3, -0.25) is 0 Å². The Morgan fingerprint density at radius 2 is 1.56 bits per heavy atom. The van der Waals surface area contributed by atoms with Gasteiger partial charge in [0.15, 0.2) is 0 Å². The van der Waals surface area contributed by atoms with Gasteiger partial charge in [0, 0.05) is 43.0 Å². The molecular formula is C25H33ClN3O4S. The van der Waals surface area contributed by atoms with E-state index in [0.717, 1.165) is 15.6 Å². The lowest BCUT2D eigenvalue weighted by molar-refractivity contribution is 0.0606. The molecule has 1 aliphatic heterocycles. The number of benzene rings is 2. The number of hydrogen-bond acceptors (Lipinski definition) is 5. The van der Waals surface area contributed by atoms with Crippen molar-refractivity contribution in [2.24, 2.45) is 0 Å². The standard InChI is InChI=1S/C25H33ClN3O4S/c1-24(2,3)19-8-7-9-22(18-19)29(23(30)33-25(4,5)6)34(31,32)28-16-14-27(15-17-28)21-12-10-20(26)11-13-21/h7-13H,14-17H2,1-6H3. The molecule has 0 aliphatic carbocycles. The maximum absolute atomic E-state index is 13.8. The Morgan fingerprint density at radius 3 is 2.09 bits per heavy atom. The Kier molecular flexibility index (Phi) is 7.55. The van der Waals surface area contributed by atoms with E-state index in [4.69, 9.17) is 16.3 Å². The van der Waals surface area contributed by atoms with Crippen molar-refractivity contribution in [3.8, 4) is 0 Å². The highest BCUT2D eigenvalue weighted by Crippen LogP contribution is 2.30. The molecule has 0 aromatic heterocycles. The zero-order valence-corrected chi connectivity index (χ0v) is 22.2. The Labute approximate surface area is 208 Å². The molecule has 1 fully saturated rings. The van der Waals surface area contributed by atoms with Crippen LogP contribution in [0.15, 0.2) is 42.5 Å². The molecule has 1 aliphatic rings. The summed E-state index contributed by atoms with van der Waals surface area (Å²) in [5.41, 5.74) is 0.767. The van der Waals surface area contributed by atoms with Crippen LogP contribution in [0.3, 0.4) is 0 Å². The third kappa shape index (κ3) is 6.23. The van der Waals surface area contributed by atoms with Gasteiger partial charge in [-0.2, -0.15) is 17.0 Å². The lowest BCUT2D eigenvalue weighted by atomic mass is 9.87. The molecule has 9 heteroatoms. The summed E-state index contributed by atoms with van der Waals surface area (Å²) in [6.07, 6.45) is -0.949. The van der Waals surface area contributed by atoms with Gasteiger partial charge in [0.05, 0.1) is 5.69 Å². The van der Waals surface area contributed by atoms with Crippen molar-refractivity contribution in [1.82, 2.24) is 4.31 Å². The minimum atomic E-state index is -4.21. The summed E-state index contributed by atoms with van der Waals surface area (Å²) in [6, 6.07) is 15.7. The number of hydrogen-bond donors (Lipinski definition) is 0. The summed E-state index contributed by atoms with van der Waals surface area (Å²) in [5.74, 6) is 0. The van der Waals surface area contributed by atoms with Gasteiger partial charge in [-0.1, -0.05) is 44.5 Å². The van der Waals surface area contributed by atoms with E-state index in [1.165, 1.54) is 4.31 Å². The number of rotatable bonds is 4. The molecule has 1 radical (unpaired) electrons. The predicted molar refractivity (Wildman–Crippen MR) is 137 cm³/mol. The smallest absolute Gasteiger partial charge is 0.429 e. The first-order chi connectivity index (χ1) is 15.7. The van der Waals surface area contributed by atoms with Gasteiger partial charge in [-0.15, -0.1) is 0 Å². The monoisotopic (exact) mass is 506 g/mol. The van der Waals surface area contributed by atoms with E-state index in [-0.39, 0.29) is 24.2 Å². The van der Waals surface area contributed by atoms with E-state index in [1.807, 2.05) is 51.1 Å². The maximum Gasteiger partial charge on any atom is 0.429 e. The van der Waals surface area contributed by atoms with Crippen LogP contribution < -0.4 is 9.21 Å². The molecule has 0 bridgehead atoms. The third-order valence-electron chi connectivity index (χ3n) is 5.35. The van der Waals surface area contributed by atoms with Crippen LogP contribution in [-0.2, 0) is 20.4 Å². The molecule has 1 saturated heterocycles. The molecular weight excluding hydrogens is 474 g/mol. The molecule has 0 unspecified atom stereocenters. The van der Waals surface area contributed by atoms with E-state index >= 15 is 0 Å². The number of amides is 1. The van der Waals surface area contributed by atoms with Crippen molar-refractivity contribution in [2.45, 2.75) is 52.6 Å².